The summed E-state index contributed by atoms with van der Waals surface area (Å²) in [5.74, 6) is -1.61. The first-order valence-corrected chi connectivity index (χ1v) is 5.67. The van der Waals surface area contributed by atoms with E-state index < -0.39 is 24.0 Å². The van der Waals surface area contributed by atoms with Gasteiger partial charge in [0.25, 0.3) is 0 Å². The minimum atomic E-state index is -1.10. The standard InChI is InChI=1S/C11H18N4O3/c1-6(2)9(12)10(16)15-8(11(17)18)3-7-4-13-5-14-7/h4-6,8-9H,3,12H2,1-2H3,(H,13,14)(H,15,16)(H,17,18)/t8-,9?/m1/s1. The van der Waals surface area contributed by atoms with E-state index in [1.54, 1.807) is 13.8 Å². The van der Waals surface area contributed by atoms with Gasteiger partial charge in [0.15, 0.2) is 0 Å². The number of carbonyl (C=O) groups is 2. The quantitative estimate of drug-likeness (QED) is 0.545. The van der Waals surface area contributed by atoms with Crippen molar-refractivity contribution in [2.45, 2.75) is 32.4 Å². The Kier molecular flexibility index (Phi) is 4.85. The van der Waals surface area contributed by atoms with Crippen molar-refractivity contribution in [2.24, 2.45) is 11.7 Å². The van der Waals surface area contributed by atoms with Gasteiger partial charge >= 0.3 is 5.97 Å². The number of carbonyl (C=O) groups excluding carboxylic acids is 1. The van der Waals surface area contributed by atoms with Gasteiger partial charge in [-0.1, -0.05) is 13.8 Å². The average molecular weight is 254 g/mol. The van der Waals surface area contributed by atoms with Crippen LogP contribution in [0.1, 0.15) is 19.5 Å². The minimum Gasteiger partial charge on any atom is -0.480 e. The maximum Gasteiger partial charge on any atom is 0.326 e. The summed E-state index contributed by atoms with van der Waals surface area (Å²) in [5, 5.41) is 11.5. The molecule has 0 saturated heterocycles. The predicted octanol–water partition coefficient (Wildman–Crippen LogP) is -0.495. The van der Waals surface area contributed by atoms with Crippen molar-refractivity contribution in [1.29, 1.82) is 0 Å². The van der Waals surface area contributed by atoms with Gasteiger partial charge in [-0.15, -0.1) is 0 Å². The number of imidazole rings is 1. The Hall–Kier alpha value is -1.89. The molecule has 0 aliphatic heterocycles. The van der Waals surface area contributed by atoms with E-state index in [4.69, 9.17) is 10.8 Å². The fourth-order valence-electron chi connectivity index (χ4n) is 1.39. The number of carboxylic acid groups (broad SMARTS) is 1. The third-order valence-corrected chi connectivity index (χ3v) is 2.61. The number of H-pyrrole nitrogens is 1. The first-order valence-electron chi connectivity index (χ1n) is 5.67. The molecular weight excluding hydrogens is 236 g/mol. The normalized spacial score (nSPS) is 14.2. The van der Waals surface area contributed by atoms with Crippen molar-refractivity contribution in [3.8, 4) is 0 Å². The van der Waals surface area contributed by atoms with Gasteiger partial charge < -0.3 is 21.1 Å². The number of nitrogens with one attached hydrogen (secondary N) is 2. The zero-order chi connectivity index (χ0) is 13.7. The summed E-state index contributed by atoms with van der Waals surface area (Å²) >= 11 is 0. The summed E-state index contributed by atoms with van der Waals surface area (Å²) in [6, 6.07) is -1.73. The first kappa shape index (κ1) is 14.2. The van der Waals surface area contributed by atoms with Gasteiger partial charge in [-0.3, -0.25) is 4.79 Å². The van der Waals surface area contributed by atoms with Crippen LogP contribution < -0.4 is 11.1 Å². The second-order valence-corrected chi connectivity index (χ2v) is 4.45. The van der Waals surface area contributed by atoms with Gasteiger partial charge in [-0.05, 0) is 5.92 Å². The molecule has 7 heteroatoms. The van der Waals surface area contributed by atoms with E-state index in [1.165, 1.54) is 12.5 Å². The minimum absolute atomic E-state index is 0.0494. The molecular formula is C11H18N4O3. The van der Waals surface area contributed by atoms with Crippen LogP contribution in [0.25, 0.3) is 0 Å². The number of aliphatic carboxylic acids is 1. The zero-order valence-electron chi connectivity index (χ0n) is 10.4. The largest absolute Gasteiger partial charge is 0.480 e. The van der Waals surface area contributed by atoms with Crippen LogP contribution in [0.4, 0.5) is 0 Å². The Morgan fingerprint density at radius 1 is 1.56 bits per heavy atom. The van der Waals surface area contributed by atoms with E-state index in [9.17, 15) is 9.59 Å². The molecule has 0 saturated carbocycles. The molecule has 1 amide bonds. The highest BCUT2D eigenvalue weighted by Crippen LogP contribution is 2.02. The van der Waals surface area contributed by atoms with Gasteiger partial charge in [0, 0.05) is 18.3 Å². The highest BCUT2D eigenvalue weighted by atomic mass is 16.4. The molecule has 0 aliphatic rings. The van der Waals surface area contributed by atoms with Crippen LogP contribution in [-0.4, -0.2) is 39.0 Å². The summed E-state index contributed by atoms with van der Waals surface area (Å²) in [7, 11) is 0. The molecule has 1 rings (SSSR count). The highest BCUT2D eigenvalue weighted by Gasteiger charge is 2.25. The number of hydrogen-bond donors (Lipinski definition) is 4. The molecule has 1 aromatic rings. The Bertz CT molecular complexity index is 402. The predicted molar refractivity (Wildman–Crippen MR) is 64.7 cm³/mol. The molecule has 0 radical (unpaired) electrons. The van der Waals surface area contributed by atoms with Crippen LogP contribution >= 0.6 is 0 Å². The third kappa shape index (κ3) is 3.85. The molecule has 1 heterocycles. The molecule has 0 spiro atoms. The molecule has 1 unspecified atom stereocenters. The Balaban J connectivity index is 2.64. The number of hydrogen-bond acceptors (Lipinski definition) is 4. The molecule has 0 bridgehead atoms. The van der Waals surface area contributed by atoms with E-state index in [0.29, 0.717) is 5.69 Å². The van der Waals surface area contributed by atoms with Crippen LogP contribution in [0.2, 0.25) is 0 Å². The average Bonchev–Trinajstić information content (AvgIpc) is 2.79. The van der Waals surface area contributed by atoms with Crippen molar-refractivity contribution in [1.82, 2.24) is 15.3 Å². The zero-order valence-corrected chi connectivity index (χ0v) is 10.4. The van der Waals surface area contributed by atoms with E-state index in [1.807, 2.05) is 0 Å². The van der Waals surface area contributed by atoms with E-state index in [2.05, 4.69) is 15.3 Å². The Morgan fingerprint density at radius 3 is 2.67 bits per heavy atom. The number of carboxylic acids is 1. The molecule has 0 aliphatic carbocycles. The lowest BCUT2D eigenvalue weighted by atomic mass is 10.0. The summed E-state index contributed by atoms with van der Waals surface area (Å²) in [6.45, 7) is 3.60. The van der Waals surface area contributed by atoms with Crippen LogP contribution in [0.5, 0.6) is 0 Å². The first-order chi connectivity index (χ1) is 8.41. The van der Waals surface area contributed by atoms with Crippen LogP contribution in [0.3, 0.4) is 0 Å². The summed E-state index contributed by atoms with van der Waals surface area (Å²) < 4.78 is 0. The number of nitrogens with zero attached hydrogens (tertiary/aromatic N) is 1. The van der Waals surface area contributed by atoms with Gasteiger partial charge in [-0.2, -0.15) is 0 Å². The number of rotatable bonds is 6. The third-order valence-electron chi connectivity index (χ3n) is 2.61. The fourth-order valence-corrected chi connectivity index (χ4v) is 1.39. The van der Waals surface area contributed by atoms with Crippen molar-refractivity contribution in [3.05, 3.63) is 18.2 Å². The second kappa shape index (κ2) is 6.15. The van der Waals surface area contributed by atoms with Crippen LogP contribution in [0.15, 0.2) is 12.5 Å². The van der Waals surface area contributed by atoms with E-state index >= 15 is 0 Å². The van der Waals surface area contributed by atoms with Crippen molar-refractivity contribution in [3.63, 3.8) is 0 Å². The topological polar surface area (TPSA) is 121 Å². The van der Waals surface area contributed by atoms with Gasteiger partial charge in [0.1, 0.15) is 6.04 Å². The van der Waals surface area contributed by atoms with Crippen molar-refractivity contribution in [2.75, 3.05) is 0 Å². The lowest BCUT2D eigenvalue weighted by Crippen LogP contribution is -2.51. The monoisotopic (exact) mass is 254 g/mol. The lowest BCUT2D eigenvalue weighted by molar-refractivity contribution is -0.142. The molecule has 0 aromatic carbocycles. The highest BCUT2D eigenvalue weighted by molar-refractivity contribution is 5.87. The molecule has 100 valence electrons. The molecule has 18 heavy (non-hydrogen) atoms. The van der Waals surface area contributed by atoms with E-state index in [0.717, 1.165) is 0 Å². The number of amides is 1. The number of aromatic amines is 1. The summed E-state index contributed by atoms with van der Waals surface area (Å²) in [5.41, 5.74) is 6.30. The maximum atomic E-state index is 11.7. The smallest absolute Gasteiger partial charge is 0.326 e. The Labute approximate surface area is 105 Å². The van der Waals surface area contributed by atoms with Crippen LogP contribution in [-0.2, 0) is 16.0 Å². The molecule has 5 N–H and O–H groups in total. The van der Waals surface area contributed by atoms with Crippen molar-refractivity contribution < 1.29 is 14.7 Å². The number of nitrogens with two attached hydrogens (primary N) is 1. The second-order valence-electron chi connectivity index (χ2n) is 4.45. The lowest BCUT2D eigenvalue weighted by Gasteiger charge is -2.19. The van der Waals surface area contributed by atoms with Crippen molar-refractivity contribution >= 4 is 11.9 Å². The summed E-state index contributed by atoms with van der Waals surface area (Å²) in [4.78, 5) is 29.3. The molecule has 0 fully saturated rings. The maximum absolute atomic E-state index is 11.7. The fraction of sp³-hybridized carbons (Fsp3) is 0.545. The van der Waals surface area contributed by atoms with Gasteiger partial charge in [-0.25, -0.2) is 9.78 Å². The SMILES string of the molecule is CC(C)C(N)C(=O)N[C@H](Cc1cnc[nH]1)C(=O)O. The van der Waals surface area contributed by atoms with Crippen LogP contribution in [0, 0.1) is 5.92 Å². The summed E-state index contributed by atoms with van der Waals surface area (Å²) in [6.07, 6.45) is 3.12. The Morgan fingerprint density at radius 2 is 2.22 bits per heavy atom. The van der Waals surface area contributed by atoms with Gasteiger partial charge in [0.2, 0.25) is 5.91 Å². The molecule has 7 nitrogen and oxygen atoms in total. The number of aromatic nitrogens is 2. The van der Waals surface area contributed by atoms with Gasteiger partial charge in [0.05, 0.1) is 12.4 Å². The molecule has 1 aromatic heterocycles. The molecule has 2 atom stereocenters. The van der Waals surface area contributed by atoms with E-state index in [-0.39, 0.29) is 12.3 Å².